The van der Waals surface area contributed by atoms with E-state index in [0.29, 0.717) is 16.5 Å². The van der Waals surface area contributed by atoms with Crippen LogP contribution in [-0.2, 0) is 16.4 Å². The molecule has 8 heteroatoms. The van der Waals surface area contributed by atoms with Gasteiger partial charge in [0.05, 0.1) is 15.5 Å². The van der Waals surface area contributed by atoms with Gasteiger partial charge in [0.1, 0.15) is 4.21 Å². The second kappa shape index (κ2) is 5.83. The number of thiophene rings is 1. The molecule has 3 heterocycles. The van der Waals surface area contributed by atoms with E-state index in [1.807, 2.05) is 13.0 Å². The van der Waals surface area contributed by atoms with Crippen LogP contribution in [-0.4, -0.2) is 24.4 Å². The van der Waals surface area contributed by atoms with Gasteiger partial charge in [-0.2, -0.15) is 4.31 Å². The van der Waals surface area contributed by atoms with Crippen molar-refractivity contribution < 1.29 is 12.9 Å². The Morgan fingerprint density at radius 2 is 2.33 bits per heavy atom. The van der Waals surface area contributed by atoms with Crippen LogP contribution in [0.2, 0.25) is 0 Å². The molecule has 0 amide bonds. The van der Waals surface area contributed by atoms with Crippen LogP contribution in [0, 0.1) is 0 Å². The number of aromatic nitrogens is 1. The number of sulfonamides is 1. The highest BCUT2D eigenvalue weighted by molar-refractivity contribution is 9.11. The largest absolute Gasteiger partial charge is 0.359 e. The lowest BCUT2D eigenvalue weighted by atomic mass is 10.1. The molecule has 0 spiro atoms. The molecule has 0 aliphatic carbocycles. The fourth-order valence-electron chi connectivity index (χ4n) is 2.52. The first-order chi connectivity index (χ1) is 10.0. The minimum Gasteiger partial charge on any atom is -0.359 e. The Balaban J connectivity index is 1.93. The summed E-state index contributed by atoms with van der Waals surface area (Å²) in [6.45, 7) is 2.51. The standard InChI is InChI=1S/C13H15BrN2O3S2/c1-2-9-8-11(19-15-9)10-4-3-7-16(10)21(17,18)13-6-5-12(14)20-13/h5-6,8,10H,2-4,7H2,1H3/t10-/m1/s1. The van der Waals surface area contributed by atoms with E-state index in [1.165, 1.54) is 15.6 Å². The highest BCUT2D eigenvalue weighted by atomic mass is 79.9. The van der Waals surface area contributed by atoms with E-state index in [4.69, 9.17) is 4.52 Å². The van der Waals surface area contributed by atoms with E-state index in [2.05, 4.69) is 21.1 Å². The highest BCUT2D eigenvalue weighted by Crippen LogP contribution is 2.39. The predicted octanol–water partition coefficient (Wildman–Crippen LogP) is 3.59. The van der Waals surface area contributed by atoms with E-state index in [0.717, 1.165) is 28.7 Å². The van der Waals surface area contributed by atoms with E-state index >= 15 is 0 Å². The lowest BCUT2D eigenvalue weighted by Crippen LogP contribution is -2.30. The molecule has 0 saturated carbocycles. The first kappa shape index (κ1) is 15.2. The monoisotopic (exact) mass is 390 g/mol. The Hall–Kier alpha value is -0.700. The molecule has 1 fully saturated rings. The Morgan fingerprint density at radius 3 is 2.95 bits per heavy atom. The summed E-state index contributed by atoms with van der Waals surface area (Å²) in [5.41, 5.74) is 0.855. The van der Waals surface area contributed by atoms with Crippen LogP contribution in [0.5, 0.6) is 0 Å². The zero-order valence-electron chi connectivity index (χ0n) is 11.5. The summed E-state index contributed by atoms with van der Waals surface area (Å²) in [6.07, 6.45) is 2.38. The van der Waals surface area contributed by atoms with Crippen molar-refractivity contribution in [3.63, 3.8) is 0 Å². The van der Waals surface area contributed by atoms with Crippen LogP contribution in [0.3, 0.4) is 0 Å². The van der Waals surface area contributed by atoms with Crippen LogP contribution >= 0.6 is 27.3 Å². The Labute approximate surface area is 136 Å². The third kappa shape index (κ3) is 2.81. The minimum absolute atomic E-state index is 0.247. The Kier molecular flexibility index (Phi) is 4.22. The molecule has 0 radical (unpaired) electrons. The lowest BCUT2D eigenvalue weighted by molar-refractivity contribution is 0.297. The van der Waals surface area contributed by atoms with Crippen molar-refractivity contribution >= 4 is 37.3 Å². The summed E-state index contributed by atoms with van der Waals surface area (Å²) in [7, 11) is -3.48. The fourth-order valence-corrected chi connectivity index (χ4v) is 6.32. The molecular formula is C13H15BrN2O3S2. The van der Waals surface area contributed by atoms with Crippen LogP contribution < -0.4 is 0 Å². The smallest absolute Gasteiger partial charge is 0.253 e. The molecule has 114 valence electrons. The van der Waals surface area contributed by atoms with Gasteiger partial charge in [-0.3, -0.25) is 0 Å². The predicted molar refractivity (Wildman–Crippen MR) is 83.8 cm³/mol. The normalized spacial score (nSPS) is 20.2. The van der Waals surface area contributed by atoms with Crippen molar-refractivity contribution in [2.45, 2.75) is 36.4 Å². The van der Waals surface area contributed by atoms with Gasteiger partial charge in [-0.25, -0.2) is 8.42 Å². The number of halogens is 1. The average Bonchev–Trinajstić information content (AvgIpc) is 3.17. The van der Waals surface area contributed by atoms with Crippen LogP contribution in [0.4, 0.5) is 0 Å². The van der Waals surface area contributed by atoms with E-state index < -0.39 is 10.0 Å². The molecule has 0 unspecified atom stereocenters. The van der Waals surface area contributed by atoms with Crippen molar-refractivity contribution in [1.29, 1.82) is 0 Å². The fraction of sp³-hybridized carbons (Fsp3) is 0.462. The third-order valence-corrected chi connectivity index (χ3v) is 7.58. The van der Waals surface area contributed by atoms with Crippen LogP contribution in [0.15, 0.2) is 30.7 Å². The summed E-state index contributed by atoms with van der Waals surface area (Å²) in [5.74, 6) is 0.642. The molecule has 1 aliphatic rings. The van der Waals surface area contributed by atoms with Crippen LogP contribution in [0.25, 0.3) is 0 Å². The summed E-state index contributed by atoms with van der Waals surface area (Å²) in [4.78, 5) is 0. The van der Waals surface area contributed by atoms with Gasteiger partial charge in [0, 0.05) is 12.6 Å². The van der Waals surface area contributed by atoms with Gasteiger partial charge in [0.2, 0.25) is 0 Å². The Morgan fingerprint density at radius 1 is 1.52 bits per heavy atom. The second-order valence-corrected chi connectivity index (χ2v) is 9.49. The molecule has 0 N–H and O–H groups in total. The molecular weight excluding hydrogens is 376 g/mol. The summed E-state index contributed by atoms with van der Waals surface area (Å²) in [6, 6.07) is 5.01. The van der Waals surface area contributed by atoms with E-state index in [9.17, 15) is 8.42 Å². The number of rotatable bonds is 4. The summed E-state index contributed by atoms with van der Waals surface area (Å²) >= 11 is 4.54. The van der Waals surface area contributed by atoms with Gasteiger partial charge in [0.25, 0.3) is 10.0 Å². The van der Waals surface area contributed by atoms with Gasteiger partial charge in [0.15, 0.2) is 5.76 Å². The molecule has 2 aromatic heterocycles. The van der Waals surface area contributed by atoms with Crippen molar-refractivity contribution in [2.24, 2.45) is 0 Å². The summed E-state index contributed by atoms with van der Waals surface area (Å²) < 4.78 is 33.6. The second-order valence-electron chi connectivity index (χ2n) is 4.91. The van der Waals surface area contributed by atoms with Crippen molar-refractivity contribution in [3.05, 3.63) is 33.4 Å². The van der Waals surface area contributed by atoms with Crippen LogP contribution in [0.1, 0.15) is 37.3 Å². The van der Waals surface area contributed by atoms with Gasteiger partial charge in [-0.15, -0.1) is 11.3 Å². The summed E-state index contributed by atoms with van der Waals surface area (Å²) in [5, 5.41) is 3.97. The van der Waals surface area contributed by atoms with Crippen molar-refractivity contribution in [1.82, 2.24) is 9.46 Å². The first-order valence-corrected chi connectivity index (χ1v) is 9.80. The van der Waals surface area contributed by atoms with Crippen molar-refractivity contribution in [2.75, 3.05) is 6.54 Å². The number of hydrogen-bond acceptors (Lipinski definition) is 5. The maximum absolute atomic E-state index is 12.8. The zero-order chi connectivity index (χ0) is 15.0. The number of hydrogen-bond donors (Lipinski definition) is 0. The van der Waals surface area contributed by atoms with Gasteiger partial charge >= 0.3 is 0 Å². The maximum atomic E-state index is 12.8. The lowest BCUT2D eigenvalue weighted by Gasteiger charge is -2.21. The van der Waals surface area contributed by atoms with Gasteiger partial charge in [-0.05, 0) is 47.3 Å². The zero-order valence-corrected chi connectivity index (χ0v) is 14.7. The molecule has 1 atom stereocenters. The number of aryl methyl sites for hydroxylation is 1. The number of nitrogens with zero attached hydrogens (tertiary/aromatic N) is 2. The van der Waals surface area contributed by atoms with Gasteiger partial charge in [-0.1, -0.05) is 12.1 Å². The molecule has 21 heavy (non-hydrogen) atoms. The first-order valence-electron chi connectivity index (χ1n) is 6.75. The average molecular weight is 391 g/mol. The minimum atomic E-state index is -3.48. The van der Waals surface area contributed by atoms with Gasteiger partial charge < -0.3 is 4.52 Å². The topological polar surface area (TPSA) is 63.4 Å². The SMILES string of the molecule is CCc1cc([C@H]2CCCN2S(=O)(=O)c2ccc(Br)s2)on1. The molecule has 5 nitrogen and oxygen atoms in total. The third-order valence-electron chi connectivity index (χ3n) is 3.58. The van der Waals surface area contributed by atoms with E-state index in [-0.39, 0.29) is 6.04 Å². The molecule has 3 rings (SSSR count). The van der Waals surface area contributed by atoms with E-state index in [1.54, 1.807) is 12.1 Å². The molecule has 1 saturated heterocycles. The quantitative estimate of drug-likeness (QED) is 0.799. The Bertz CT molecular complexity index is 738. The molecule has 1 aliphatic heterocycles. The van der Waals surface area contributed by atoms with Crippen molar-refractivity contribution in [3.8, 4) is 0 Å². The highest BCUT2D eigenvalue weighted by Gasteiger charge is 2.38. The molecule has 0 aromatic carbocycles. The molecule has 0 bridgehead atoms. The maximum Gasteiger partial charge on any atom is 0.253 e. The molecule has 2 aromatic rings.